The molecule has 3 aromatic rings. The SMILES string of the molecule is CCOC(=O)c1c(NC(=O)Cc2nn[nH]n2)sc(C(=O)OCCOc2ccccc2)c1C. The number of thiophene rings is 1. The number of carbonyl (C=O) groups is 3. The van der Waals surface area contributed by atoms with Crippen LogP contribution in [0, 0.1) is 6.92 Å². The summed E-state index contributed by atoms with van der Waals surface area (Å²) in [5.41, 5.74) is 0.461. The highest BCUT2D eigenvalue weighted by molar-refractivity contribution is 7.18. The molecule has 0 aliphatic heterocycles. The Balaban J connectivity index is 1.69. The van der Waals surface area contributed by atoms with E-state index in [-0.39, 0.29) is 47.5 Å². The maximum Gasteiger partial charge on any atom is 0.348 e. The number of carbonyl (C=O) groups excluding carboxylic acids is 3. The van der Waals surface area contributed by atoms with Gasteiger partial charge >= 0.3 is 11.9 Å². The van der Waals surface area contributed by atoms with Crippen molar-refractivity contribution in [2.24, 2.45) is 0 Å². The van der Waals surface area contributed by atoms with Crippen molar-refractivity contribution in [3.05, 3.63) is 52.2 Å². The summed E-state index contributed by atoms with van der Waals surface area (Å²) in [5.74, 6) is -0.913. The van der Waals surface area contributed by atoms with Crippen molar-refractivity contribution < 1.29 is 28.6 Å². The molecule has 3 rings (SSSR count). The summed E-state index contributed by atoms with van der Waals surface area (Å²) in [4.78, 5) is 37.6. The summed E-state index contributed by atoms with van der Waals surface area (Å²) < 4.78 is 15.9. The first-order chi connectivity index (χ1) is 15.5. The van der Waals surface area contributed by atoms with Crippen molar-refractivity contribution >= 4 is 34.2 Å². The lowest BCUT2D eigenvalue weighted by atomic mass is 10.1. The number of aromatic amines is 1. The van der Waals surface area contributed by atoms with Gasteiger partial charge in [-0.15, -0.1) is 21.5 Å². The molecule has 11 nitrogen and oxygen atoms in total. The first-order valence-electron chi connectivity index (χ1n) is 9.67. The molecule has 0 fully saturated rings. The third-order valence-corrected chi connectivity index (χ3v) is 5.29. The summed E-state index contributed by atoms with van der Waals surface area (Å²) in [7, 11) is 0. The van der Waals surface area contributed by atoms with Crippen LogP contribution in [0.25, 0.3) is 0 Å². The number of hydrogen-bond donors (Lipinski definition) is 2. The third kappa shape index (κ3) is 5.88. The Morgan fingerprint density at radius 1 is 1.09 bits per heavy atom. The second-order valence-electron chi connectivity index (χ2n) is 6.33. The lowest BCUT2D eigenvalue weighted by Crippen LogP contribution is -2.17. The molecule has 0 radical (unpaired) electrons. The van der Waals surface area contributed by atoms with Gasteiger partial charge in [-0.2, -0.15) is 5.21 Å². The molecule has 1 amide bonds. The van der Waals surface area contributed by atoms with E-state index in [0.717, 1.165) is 11.3 Å². The van der Waals surface area contributed by atoms with Crippen molar-refractivity contribution in [3.8, 4) is 5.75 Å². The minimum absolute atomic E-state index is 0.0132. The molecule has 2 aromatic heterocycles. The van der Waals surface area contributed by atoms with Crippen molar-refractivity contribution in [3.63, 3.8) is 0 Å². The Morgan fingerprint density at radius 3 is 2.56 bits per heavy atom. The fraction of sp³-hybridized carbons (Fsp3) is 0.300. The molecule has 0 saturated heterocycles. The highest BCUT2D eigenvalue weighted by Crippen LogP contribution is 2.34. The zero-order valence-corrected chi connectivity index (χ0v) is 18.2. The maximum absolute atomic E-state index is 12.6. The fourth-order valence-corrected chi connectivity index (χ4v) is 3.80. The van der Waals surface area contributed by atoms with E-state index in [1.807, 2.05) is 18.2 Å². The number of hydrogen-bond acceptors (Lipinski definition) is 10. The molecule has 0 aliphatic carbocycles. The summed E-state index contributed by atoms with van der Waals surface area (Å²) >= 11 is 0.931. The van der Waals surface area contributed by atoms with Crippen LogP contribution in [0.5, 0.6) is 5.75 Å². The Morgan fingerprint density at radius 2 is 1.88 bits per heavy atom. The van der Waals surface area contributed by atoms with Gasteiger partial charge < -0.3 is 19.5 Å². The number of amides is 1. The number of nitrogens with zero attached hydrogens (tertiary/aromatic N) is 3. The van der Waals surface area contributed by atoms with Crippen LogP contribution in [0.1, 0.15) is 38.3 Å². The van der Waals surface area contributed by atoms with Crippen LogP contribution in [-0.2, 0) is 20.7 Å². The Labute approximate surface area is 187 Å². The molecular formula is C20H21N5O6S. The highest BCUT2D eigenvalue weighted by Gasteiger charge is 2.27. The number of anilines is 1. The molecule has 2 heterocycles. The van der Waals surface area contributed by atoms with E-state index in [1.165, 1.54) is 0 Å². The van der Waals surface area contributed by atoms with Crippen LogP contribution in [0.2, 0.25) is 0 Å². The molecule has 0 aliphatic rings. The van der Waals surface area contributed by atoms with E-state index in [4.69, 9.17) is 14.2 Å². The maximum atomic E-state index is 12.6. The number of ether oxygens (including phenoxy) is 3. The van der Waals surface area contributed by atoms with Crippen molar-refractivity contribution in [2.45, 2.75) is 20.3 Å². The largest absolute Gasteiger partial charge is 0.490 e. The normalized spacial score (nSPS) is 10.4. The number of para-hydroxylation sites is 1. The van der Waals surface area contributed by atoms with Crippen LogP contribution >= 0.6 is 11.3 Å². The quantitative estimate of drug-likeness (QED) is 0.344. The summed E-state index contributed by atoms with van der Waals surface area (Å²) in [6.07, 6.45) is -0.160. The highest BCUT2D eigenvalue weighted by atomic mass is 32.1. The molecule has 1 aromatic carbocycles. The van der Waals surface area contributed by atoms with Gasteiger partial charge in [0.25, 0.3) is 0 Å². The molecule has 0 unspecified atom stereocenters. The van der Waals surface area contributed by atoms with E-state index in [9.17, 15) is 14.4 Å². The summed E-state index contributed by atoms with van der Waals surface area (Å²) in [5, 5.41) is 15.9. The van der Waals surface area contributed by atoms with Crippen LogP contribution in [0.3, 0.4) is 0 Å². The summed E-state index contributed by atoms with van der Waals surface area (Å²) in [6, 6.07) is 9.12. The number of tetrazole rings is 1. The van der Waals surface area contributed by atoms with Gasteiger partial charge in [-0.05, 0) is 31.5 Å². The van der Waals surface area contributed by atoms with Crippen molar-refractivity contribution in [2.75, 3.05) is 25.1 Å². The Hall–Kier alpha value is -3.80. The molecule has 12 heteroatoms. The van der Waals surface area contributed by atoms with Crippen LogP contribution in [-0.4, -0.2) is 58.3 Å². The minimum atomic E-state index is -0.650. The van der Waals surface area contributed by atoms with Gasteiger partial charge in [-0.3, -0.25) is 4.79 Å². The molecular weight excluding hydrogens is 438 g/mol. The second-order valence-corrected chi connectivity index (χ2v) is 7.35. The van der Waals surface area contributed by atoms with Gasteiger partial charge in [-0.1, -0.05) is 23.4 Å². The van der Waals surface area contributed by atoms with Gasteiger partial charge in [0.2, 0.25) is 5.91 Å². The predicted molar refractivity (Wildman–Crippen MR) is 114 cm³/mol. The van der Waals surface area contributed by atoms with Crippen LogP contribution < -0.4 is 10.1 Å². The number of rotatable bonds is 10. The fourth-order valence-electron chi connectivity index (χ4n) is 2.69. The van der Waals surface area contributed by atoms with Crippen LogP contribution in [0.15, 0.2) is 30.3 Å². The average Bonchev–Trinajstić information content (AvgIpc) is 3.39. The zero-order valence-electron chi connectivity index (χ0n) is 17.4. The van der Waals surface area contributed by atoms with E-state index in [0.29, 0.717) is 11.3 Å². The Kier molecular flexibility index (Phi) is 7.86. The van der Waals surface area contributed by atoms with Crippen molar-refractivity contribution in [1.82, 2.24) is 20.6 Å². The van der Waals surface area contributed by atoms with Crippen molar-refractivity contribution in [1.29, 1.82) is 0 Å². The lowest BCUT2D eigenvalue weighted by molar-refractivity contribution is -0.115. The van der Waals surface area contributed by atoms with Gasteiger partial charge in [0.1, 0.15) is 28.8 Å². The molecule has 168 valence electrons. The average molecular weight is 459 g/mol. The molecule has 0 saturated carbocycles. The van der Waals surface area contributed by atoms with E-state index < -0.39 is 17.8 Å². The Bertz CT molecular complexity index is 1070. The third-order valence-electron chi connectivity index (χ3n) is 4.10. The first-order valence-corrected chi connectivity index (χ1v) is 10.5. The van der Waals surface area contributed by atoms with Gasteiger partial charge in [0.15, 0.2) is 5.82 Å². The van der Waals surface area contributed by atoms with Gasteiger partial charge in [-0.25, -0.2) is 9.59 Å². The standard InChI is InChI=1S/C20H21N5O6S/c1-3-29-19(27)16-12(2)17(20(28)31-10-9-30-13-7-5-4-6-8-13)32-18(16)21-15(26)11-14-22-24-25-23-14/h4-8H,3,9-11H2,1-2H3,(H,21,26)(H,22,23,24,25). The molecule has 0 bridgehead atoms. The number of aromatic nitrogens is 4. The lowest BCUT2D eigenvalue weighted by Gasteiger charge is -2.07. The van der Waals surface area contributed by atoms with E-state index in [2.05, 4.69) is 25.9 Å². The number of H-pyrrole nitrogens is 1. The van der Waals surface area contributed by atoms with Gasteiger partial charge in [0, 0.05) is 0 Å². The second kappa shape index (κ2) is 11.0. The zero-order chi connectivity index (χ0) is 22.9. The molecule has 2 N–H and O–H groups in total. The number of esters is 2. The van der Waals surface area contributed by atoms with Crippen LogP contribution in [0.4, 0.5) is 5.00 Å². The smallest absolute Gasteiger partial charge is 0.348 e. The van der Waals surface area contributed by atoms with E-state index >= 15 is 0 Å². The van der Waals surface area contributed by atoms with Gasteiger partial charge in [0.05, 0.1) is 18.6 Å². The topological polar surface area (TPSA) is 145 Å². The number of nitrogens with one attached hydrogen (secondary N) is 2. The molecule has 32 heavy (non-hydrogen) atoms. The predicted octanol–water partition coefficient (Wildman–Crippen LogP) is 2.16. The first kappa shape index (κ1) is 22.9. The minimum Gasteiger partial charge on any atom is -0.490 e. The summed E-state index contributed by atoms with van der Waals surface area (Å²) in [6.45, 7) is 3.57. The molecule has 0 spiro atoms. The molecule has 0 atom stereocenters. The number of benzene rings is 1. The monoisotopic (exact) mass is 459 g/mol. The van der Waals surface area contributed by atoms with E-state index in [1.54, 1.807) is 26.0 Å².